The second-order valence-corrected chi connectivity index (χ2v) is 11.5. The molecule has 0 unspecified atom stereocenters. The van der Waals surface area contributed by atoms with E-state index in [9.17, 15) is 0 Å². The molecule has 0 atom stereocenters. The molecule has 6 nitrogen and oxygen atoms in total. The van der Waals surface area contributed by atoms with Gasteiger partial charge in [-0.15, -0.1) is 0 Å². The third-order valence-corrected chi connectivity index (χ3v) is 8.75. The summed E-state index contributed by atoms with van der Waals surface area (Å²) in [5.41, 5.74) is 4.80. The second-order valence-electron chi connectivity index (χ2n) is 11.1. The van der Waals surface area contributed by atoms with Crippen molar-refractivity contribution in [1.29, 1.82) is 0 Å². The van der Waals surface area contributed by atoms with E-state index in [-0.39, 0.29) is 6.10 Å². The van der Waals surface area contributed by atoms with Gasteiger partial charge >= 0.3 is 0 Å². The molecule has 3 fully saturated rings. The molecule has 6 rings (SSSR count). The van der Waals surface area contributed by atoms with Gasteiger partial charge in [0.15, 0.2) is 0 Å². The van der Waals surface area contributed by atoms with Crippen LogP contribution in [0, 0.1) is 12.8 Å². The van der Waals surface area contributed by atoms with E-state index >= 15 is 0 Å². The van der Waals surface area contributed by atoms with E-state index in [0.717, 1.165) is 85.5 Å². The summed E-state index contributed by atoms with van der Waals surface area (Å²) in [6, 6.07) is 14.9. The number of rotatable bonds is 7. The first-order chi connectivity index (χ1) is 18.1. The van der Waals surface area contributed by atoms with Crippen LogP contribution in [0.4, 0.5) is 5.69 Å². The van der Waals surface area contributed by atoms with Crippen LogP contribution in [-0.2, 0) is 0 Å². The Kier molecular flexibility index (Phi) is 7.41. The first-order valence-electron chi connectivity index (χ1n) is 13.9. The highest BCUT2D eigenvalue weighted by Crippen LogP contribution is 2.35. The highest BCUT2D eigenvalue weighted by molar-refractivity contribution is 6.31. The molecule has 2 aliphatic heterocycles. The molecule has 0 amide bonds. The van der Waals surface area contributed by atoms with Crippen molar-refractivity contribution >= 4 is 17.3 Å². The quantitative estimate of drug-likeness (QED) is 0.432. The molecular formula is C30H38ClN5O. The first-order valence-corrected chi connectivity index (χ1v) is 14.2. The third kappa shape index (κ3) is 5.82. The Morgan fingerprint density at radius 1 is 1.00 bits per heavy atom. The molecule has 1 aromatic heterocycles. The van der Waals surface area contributed by atoms with E-state index in [0.29, 0.717) is 5.92 Å². The largest absolute Gasteiger partial charge is 0.490 e. The predicted molar refractivity (Wildman–Crippen MR) is 151 cm³/mol. The second kappa shape index (κ2) is 11.1. The number of piperazine rings is 1. The number of imidazole rings is 1. The number of aryl methyl sites for hydroxylation is 1. The number of anilines is 1. The molecule has 7 heteroatoms. The van der Waals surface area contributed by atoms with Crippen molar-refractivity contribution in [2.75, 3.05) is 50.7 Å². The summed E-state index contributed by atoms with van der Waals surface area (Å²) in [4.78, 5) is 13.4. The first kappa shape index (κ1) is 24.8. The Labute approximate surface area is 225 Å². The molecule has 1 aliphatic carbocycles. The van der Waals surface area contributed by atoms with Crippen LogP contribution in [0.3, 0.4) is 0 Å². The van der Waals surface area contributed by atoms with Gasteiger partial charge in [-0.25, -0.2) is 4.98 Å². The molecule has 3 aliphatic rings. The average Bonchev–Trinajstić information content (AvgIpc) is 3.40. The maximum absolute atomic E-state index is 6.26. The van der Waals surface area contributed by atoms with Gasteiger partial charge in [-0.05, 0) is 74.6 Å². The van der Waals surface area contributed by atoms with Crippen molar-refractivity contribution < 1.29 is 4.74 Å². The molecule has 37 heavy (non-hydrogen) atoms. The Balaban J connectivity index is 0.987. The Hall–Kier alpha value is -2.54. The lowest BCUT2D eigenvalue weighted by molar-refractivity contribution is 0.146. The van der Waals surface area contributed by atoms with Gasteiger partial charge in [0.2, 0.25) is 0 Å². The fourth-order valence-electron chi connectivity index (χ4n) is 6.01. The number of hydrogen-bond acceptors (Lipinski definition) is 5. The molecule has 1 saturated carbocycles. The normalized spacial score (nSPS) is 23.1. The SMILES string of the molecule is Cc1ccc(O[C@H]2CC[C@H](c3cnc(-c4ccc(N5CC(CN6CCNCC6)C5)cc4)[nH]3)CC2)cc1Cl. The van der Waals surface area contributed by atoms with Gasteiger partial charge in [0.25, 0.3) is 0 Å². The van der Waals surface area contributed by atoms with Crippen LogP contribution in [0.5, 0.6) is 5.75 Å². The lowest BCUT2D eigenvalue weighted by Crippen LogP contribution is -2.54. The zero-order valence-corrected chi connectivity index (χ0v) is 22.5. The minimum atomic E-state index is 0.253. The zero-order chi connectivity index (χ0) is 25.2. The molecule has 0 bridgehead atoms. The summed E-state index contributed by atoms with van der Waals surface area (Å²) >= 11 is 6.26. The van der Waals surface area contributed by atoms with Crippen LogP contribution < -0.4 is 15.0 Å². The topological polar surface area (TPSA) is 56.4 Å². The van der Waals surface area contributed by atoms with Gasteiger partial charge in [-0.1, -0.05) is 17.7 Å². The number of aromatic nitrogens is 2. The number of ether oxygens (including phenoxy) is 1. The summed E-state index contributed by atoms with van der Waals surface area (Å²) in [5.74, 6) is 3.14. The Morgan fingerprint density at radius 3 is 2.49 bits per heavy atom. The molecular weight excluding hydrogens is 482 g/mol. The lowest BCUT2D eigenvalue weighted by Gasteiger charge is -2.44. The number of hydrogen-bond donors (Lipinski definition) is 2. The number of aromatic amines is 1. The summed E-state index contributed by atoms with van der Waals surface area (Å²) < 4.78 is 6.22. The van der Waals surface area contributed by atoms with Gasteiger partial charge in [-0.2, -0.15) is 0 Å². The van der Waals surface area contributed by atoms with Crippen molar-refractivity contribution in [3.63, 3.8) is 0 Å². The van der Waals surface area contributed by atoms with Gasteiger partial charge in [0.1, 0.15) is 11.6 Å². The van der Waals surface area contributed by atoms with Crippen LogP contribution >= 0.6 is 11.6 Å². The third-order valence-electron chi connectivity index (χ3n) is 8.34. The predicted octanol–water partition coefficient (Wildman–Crippen LogP) is 5.49. The van der Waals surface area contributed by atoms with E-state index in [1.165, 1.54) is 31.0 Å². The van der Waals surface area contributed by atoms with Gasteiger partial charge in [-0.3, -0.25) is 0 Å². The fourth-order valence-corrected chi connectivity index (χ4v) is 6.18. The number of H-pyrrole nitrogens is 1. The maximum Gasteiger partial charge on any atom is 0.137 e. The maximum atomic E-state index is 6.26. The van der Waals surface area contributed by atoms with Crippen molar-refractivity contribution in [2.45, 2.75) is 44.6 Å². The summed E-state index contributed by atoms with van der Waals surface area (Å²) in [5, 5.41) is 4.21. The van der Waals surface area contributed by atoms with E-state index in [1.807, 2.05) is 31.3 Å². The van der Waals surface area contributed by atoms with Crippen LogP contribution in [-0.4, -0.2) is 66.8 Å². The molecule has 0 radical (unpaired) electrons. The molecule has 3 aromatic rings. The molecule has 3 heterocycles. The monoisotopic (exact) mass is 519 g/mol. The van der Waals surface area contributed by atoms with Crippen LogP contribution in [0.2, 0.25) is 5.02 Å². The zero-order valence-electron chi connectivity index (χ0n) is 21.8. The van der Waals surface area contributed by atoms with Crippen molar-refractivity contribution in [1.82, 2.24) is 20.2 Å². The van der Waals surface area contributed by atoms with Crippen molar-refractivity contribution in [3.8, 4) is 17.1 Å². The van der Waals surface area contributed by atoms with Crippen LogP contribution in [0.1, 0.15) is 42.9 Å². The minimum absolute atomic E-state index is 0.253. The molecule has 2 N–H and O–H groups in total. The van der Waals surface area contributed by atoms with Crippen molar-refractivity contribution in [3.05, 3.63) is 64.9 Å². The van der Waals surface area contributed by atoms with Gasteiger partial charge in [0.05, 0.1) is 6.10 Å². The molecule has 2 aromatic carbocycles. The summed E-state index contributed by atoms with van der Waals surface area (Å²) in [6.07, 6.45) is 6.59. The lowest BCUT2D eigenvalue weighted by atomic mass is 9.85. The van der Waals surface area contributed by atoms with Crippen LogP contribution in [0.25, 0.3) is 11.4 Å². The van der Waals surface area contributed by atoms with E-state index in [2.05, 4.69) is 44.4 Å². The Morgan fingerprint density at radius 2 is 1.76 bits per heavy atom. The summed E-state index contributed by atoms with van der Waals surface area (Å²) in [6.45, 7) is 10.2. The number of benzene rings is 2. The van der Waals surface area contributed by atoms with Gasteiger partial charge in [0, 0.05) is 85.8 Å². The number of nitrogens with one attached hydrogen (secondary N) is 2. The fraction of sp³-hybridized carbons (Fsp3) is 0.500. The van der Waals surface area contributed by atoms with E-state index in [4.69, 9.17) is 21.3 Å². The summed E-state index contributed by atoms with van der Waals surface area (Å²) in [7, 11) is 0. The van der Waals surface area contributed by atoms with Crippen molar-refractivity contribution in [2.24, 2.45) is 5.92 Å². The smallest absolute Gasteiger partial charge is 0.137 e. The number of halogens is 1. The van der Waals surface area contributed by atoms with E-state index < -0.39 is 0 Å². The highest BCUT2D eigenvalue weighted by Gasteiger charge is 2.29. The number of nitrogens with zero attached hydrogens (tertiary/aromatic N) is 3. The highest BCUT2D eigenvalue weighted by atomic mass is 35.5. The molecule has 196 valence electrons. The Bertz CT molecular complexity index is 1170. The minimum Gasteiger partial charge on any atom is -0.490 e. The standard InChI is InChI=1S/C30H38ClN5O/c1-21-2-9-27(16-28(21)31)37-26-10-5-23(6-11-26)29-17-33-30(34-29)24-3-7-25(8-4-24)36-19-22(20-36)18-35-14-12-32-13-15-35/h2-4,7-9,16-17,22-23,26,32H,5-6,10-15,18-20H2,1H3,(H,33,34)/t23-,26-. The average molecular weight is 520 g/mol. The van der Waals surface area contributed by atoms with Gasteiger partial charge < -0.3 is 24.8 Å². The van der Waals surface area contributed by atoms with E-state index in [1.54, 1.807) is 0 Å². The van der Waals surface area contributed by atoms with Crippen LogP contribution in [0.15, 0.2) is 48.7 Å². The molecule has 0 spiro atoms. The molecule has 2 saturated heterocycles.